The molecule has 0 radical (unpaired) electrons. The number of hydrogen-bond acceptors (Lipinski definition) is 4. The average Bonchev–Trinajstić information content (AvgIpc) is 3.58. The van der Waals surface area contributed by atoms with Crippen LogP contribution in [-0.4, -0.2) is 41.8 Å². The number of rotatable bonds is 9. The molecule has 0 aliphatic heterocycles. The van der Waals surface area contributed by atoms with Gasteiger partial charge in [0.05, 0.1) is 7.11 Å². The van der Waals surface area contributed by atoms with Gasteiger partial charge in [-0.2, -0.15) is 0 Å². The van der Waals surface area contributed by atoms with E-state index in [1.807, 2.05) is 26.8 Å². The van der Waals surface area contributed by atoms with Gasteiger partial charge in [-0.15, -0.1) is 0 Å². The molecule has 0 spiro atoms. The maximum absolute atomic E-state index is 13.3. The molecule has 1 aromatic carbocycles. The highest BCUT2D eigenvalue weighted by atomic mass is 16.6. The summed E-state index contributed by atoms with van der Waals surface area (Å²) in [6.07, 6.45) is 10.8. The van der Waals surface area contributed by atoms with Gasteiger partial charge in [0.2, 0.25) is 0 Å². The fourth-order valence-electron chi connectivity index (χ4n) is 5.34. The zero-order valence-corrected chi connectivity index (χ0v) is 21.7. The van der Waals surface area contributed by atoms with Crippen LogP contribution in [0.1, 0.15) is 91.0 Å². The summed E-state index contributed by atoms with van der Waals surface area (Å²) >= 11 is 0. The van der Waals surface area contributed by atoms with Crippen molar-refractivity contribution in [3.63, 3.8) is 0 Å². The second-order valence-corrected chi connectivity index (χ2v) is 10.9. The Morgan fingerprint density at radius 1 is 1.09 bits per heavy atom. The quantitative estimate of drug-likeness (QED) is 0.365. The first-order valence-electron chi connectivity index (χ1n) is 13.1. The minimum Gasteiger partial charge on any atom is -0.469 e. The molecule has 0 unspecified atom stereocenters. The minimum atomic E-state index is -0.502. The van der Waals surface area contributed by atoms with Gasteiger partial charge in [0.1, 0.15) is 5.60 Å². The van der Waals surface area contributed by atoms with Gasteiger partial charge in [-0.25, -0.2) is 4.79 Å². The number of nitrogens with zero attached hydrogens (tertiary/aromatic N) is 1. The number of ether oxygens (including phenoxy) is 2. The van der Waals surface area contributed by atoms with Crippen molar-refractivity contribution >= 4 is 18.1 Å². The number of hydrogen-bond donors (Lipinski definition) is 0. The molecule has 2 saturated carbocycles. The molecular formula is C29H43NO4. The molecule has 5 heteroatoms. The summed E-state index contributed by atoms with van der Waals surface area (Å²) in [5.74, 6) is 0.913. The fraction of sp³-hybridized carbons (Fsp3) is 0.655. The van der Waals surface area contributed by atoms with Crippen molar-refractivity contribution in [2.75, 3.05) is 7.11 Å². The zero-order valence-electron chi connectivity index (χ0n) is 21.7. The molecule has 0 heterocycles. The predicted octanol–water partition coefficient (Wildman–Crippen LogP) is 7.01. The van der Waals surface area contributed by atoms with Crippen LogP contribution in [-0.2, 0) is 14.3 Å². The minimum absolute atomic E-state index is 0.125. The van der Waals surface area contributed by atoms with E-state index >= 15 is 0 Å². The lowest BCUT2D eigenvalue weighted by atomic mass is 9.82. The van der Waals surface area contributed by atoms with E-state index in [0.717, 1.165) is 51.4 Å². The third-order valence-electron chi connectivity index (χ3n) is 7.19. The Bertz CT molecular complexity index is 833. The van der Waals surface area contributed by atoms with Crippen molar-refractivity contribution in [2.45, 2.75) is 103 Å². The maximum atomic E-state index is 13.3. The van der Waals surface area contributed by atoms with Gasteiger partial charge in [-0.3, -0.25) is 4.79 Å². The van der Waals surface area contributed by atoms with E-state index in [1.54, 1.807) is 0 Å². The van der Waals surface area contributed by atoms with Gasteiger partial charge in [-0.1, -0.05) is 48.9 Å². The second kappa shape index (κ2) is 11.9. The van der Waals surface area contributed by atoms with Crippen molar-refractivity contribution in [2.24, 2.45) is 11.8 Å². The highest BCUT2D eigenvalue weighted by Crippen LogP contribution is 2.46. The Morgan fingerprint density at radius 2 is 1.76 bits per heavy atom. The Labute approximate surface area is 205 Å². The highest BCUT2D eigenvalue weighted by Gasteiger charge is 2.49. The number of esters is 1. The van der Waals surface area contributed by atoms with E-state index in [-0.39, 0.29) is 24.1 Å². The summed E-state index contributed by atoms with van der Waals surface area (Å²) < 4.78 is 10.6. The van der Waals surface area contributed by atoms with Gasteiger partial charge in [-0.05, 0) is 83.6 Å². The SMILES string of the molecule is CC/C(=C\c1ccccc1)[C@@H]1C[C@H]1N(C(=O)OC(C)(C)C)C1CCC(CCCC(=O)OC)CC1. The third-order valence-corrected chi connectivity index (χ3v) is 7.19. The molecule has 0 bridgehead atoms. The Balaban J connectivity index is 1.65. The molecule has 2 atom stereocenters. The Kier molecular flexibility index (Phi) is 9.21. The molecule has 5 nitrogen and oxygen atoms in total. The number of carbonyl (C=O) groups excluding carboxylic acids is 2. The highest BCUT2D eigenvalue weighted by molar-refractivity contribution is 5.70. The number of methoxy groups -OCH3 is 1. The lowest BCUT2D eigenvalue weighted by molar-refractivity contribution is -0.140. The summed E-state index contributed by atoms with van der Waals surface area (Å²) in [4.78, 5) is 26.8. The van der Waals surface area contributed by atoms with Crippen molar-refractivity contribution < 1.29 is 19.1 Å². The third kappa shape index (κ3) is 7.61. The average molecular weight is 470 g/mol. The monoisotopic (exact) mass is 469 g/mol. The lowest BCUT2D eigenvalue weighted by Crippen LogP contribution is -2.47. The van der Waals surface area contributed by atoms with Gasteiger partial charge in [0.25, 0.3) is 0 Å². The zero-order chi connectivity index (χ0) is 24.7. The molecule has 34 heavy (non-hydrogen) atoms. The number of benzene rings is 1. The molecule has 0 N–H and O–H groups in total. The normalized spacial score (nSPS) is 24.9. The fourth-order valence-corrected chi connectivity index (χ4v) is 5.34. The van der Waals surface area contributed by atoms with E-state index < -0.39 is 5.60 Å². The van der Waals surface area contributed by atoms with Crippen LogP contribution in [0.4, 0.5) is 4.79 Å². The summed E-state index contributed by atoms with van der Waals surface area (Å²) in [5, 5.41) is 0. The number of amides is 1. The van der Waals surface area contributed by atoms with Gasteiger partial charge in [0, 0.05) is 24.4 Å². The smallest absolute Gasteiger partial charge is 0.410 e. The molecule has 188 valence electrons. The molecule has 2 fully saturated rings. The van der Waals surface area contributed by atoms with Crippen molar-refractivity contribution in [1.29, 1.82) is 0 Å². The van der Waals surface area contributed by atoms with Crippen LogP contribution in [0, 0.1) is 11.8 Å². The van der Waals surface area contributed by atoms with E-state index in [9.17, 15) is 9.59 Å². The maximum Gasteiger partial charge on any atom is 0.410 e. The molecule has 2 aliphatic rings. The molecule has 2 aliphatic carbocycles. The first-order valence-corrected chi connectivity index (χ1v) is 13.1. The Morgan fingerprint density at radius 3 is 2.35 bits per heavy atom. The first-order chi connectivity index (χ1) is 16.2. The summed E-state index contributed by atoms with van der Waals surface area (Å²) in [6.45, 7) is 8.04. The molecular weight excluding hydrogens is 426 g/mol. The van der Waals surface area contributed by atoms with E-state index in [4.69, 9.17) is 9.47 Å². The van der Waals surface area contributed by atoms with Crippen molar-refractivity contribution in [3.8, 4) is 0 Å². The van der Waals surface area contributed by atoms with E-state index in [2.05, 4.69) is 42.2 Å². The van der Waals surface area contributed by atoms with Crippen LogP contribution in [0.3, 0.4) is 0 Å². The largest absolute Gasteiger partial charge is 0.469 e. The molecule has 1 amide bonds. The second-order valence-electron chi connectivity index (χ2n) is 10.9. The molecule has 3 rings (SSSR count). The number of carbonyl (C=O) groups is 2. The lowest BCUT2D eigenvalue weighted by Gasteiger charge is -2.38. The van der Waals surface area contributed by atoms with E-state index in [0.29, 0.717) is 18.3 Å². The van der Waals surface area contributed by atoms with Gasteiger partial charge in [0.15, 0.2) is 0 Å². The topological polar surface area (TPSA) is 55.8 Å². The van der Waals surface area contributed by atoms with Crippen molar-refractivity contribution in [1.82, 2.24) is 4.90 Å². The van der Waals surface area contributed by atoms with Gasteiger partial charge < -0.3 is 14.4 Å². The van der Waals surface area contributed by atoms with Crippen LogP contribution in [0.2, 0.25) is 0 Å². The van der Waals surface area contributed by atoms with Crippen LogP contribution < -0.4 is 0 Å². The van der Waals surface area contributed by atoms with Crippen LogP contribution in [0.15, 0.2) is 35.9 Å². The Hall–Kier alpha value is -2.30. The standard InChI is InChI=1S/C29H43NO4/c1-6-23(19-22-11-8-7-9-12-22)25-20-26(25)30(28(32)34-29(2,3)4)24-17-15-21(16-18-24)13-10-14-27(31)33-5/h7-9,11-12,19,21,24-26H,6,10,13-18,20H2,1-5H3/b23-19+/t21?,24?,25-,26+/m0/s1. The van der Waals surface area contributed by atoms with Crippen molar-refractivity contribution in [3.05, 3.63) is 41.5 Å². The van der Waals surface area contributed by atoms with Crippen LogP contribution >= 0.6 is 0 Å². The molecule has 0 aromatic heterocycles. The van der Waals surface area contributed by atoms with Crippen LogP contribution in [0.25, 0.3) is 6.08 Å². The molecule has 1 aromatic rings. The summed E-state index contributed by atoms with van der Waals surface area (Å²) in [5.41, 5.74) is 2.14. The van der Waals surface area contributed by atoms with Gasteiger partial charge >= 0.3 is 12.1 Å². The first kappa shape index (κ1) is 26.3. The summed E-state index contributed by atoms with van der Waals surface area (Å²) in [6, 6.07) is 10.9. The predicted molar refractivity (Wildman–Crippen MR) is 136 cm³/mol. The van der Waals surface area contributed by atoms with E-state index in [1.165, 1.54) is 18.2 Å². The molecule has 0 saturated heterocycles. The summed E-state index contributed by atoms with van der Waals surface area (Å²) in [7, 11) is 1.45. The van der Waals surface area contributed by atoms with Crippen LogP contribution in [0.5, 0.6) is 0 Å².